The van der Waals surface area contributed by atoms with Crippen molar-refractivity contribution < 1.29 is 9.53 Å². The summed E-state index contributed by atoms with van der Waals surface area (Å²) in [5.41, 5.74) is 5.60. The first-order valence-corrected chi connectivity index (χ1v) is 11.6. The Morgan fingerprint density at radius 1 is 0.933 bits per heavy atom. The Balaban J connectivity index is 1.53. The predicted molar refractivity (Wildman–Crippen MR) is 131 cm³/mol. The number of nitrogens with one attached hydrogen (secondary N) is 1. The van der Waals surface area contributed by atoms with E-state index in [4.69, 9.17) is 4.74 Å². The summed E-state index contributed by atoms with van der Waals surface area (Å²) in [5, 5.41) is 4.06. The minimum atomic E-state index is -0.123. The van der Waals surface area contributed by atoms with E-state index >= 15 is 0 Å². The summed E-state index contributed by atoms with van der Waals surface area (Å²) in [6, 6.07) is 21.7. The summed E-state index contributed by atoms with van der Waals surface area (Å²) in [5.74, 6) is 0.588. The Bertz CT molecular complexity index is 999. The third-order valence-electron chi connectivity index (χ3n) is 4.20. The van der Waals surface area contributed by atoms with Gasteiger partial charge in [-0.05, 0) is 79.2 Å². The Labute approximate surface area is 201 Å². The minimum Gasteiger partial charge on any atom is -0.487 e. The molecule has 3 aromatic carbocycles. The fourth-order valence-electron chi connectivity index (χ4n) is 2.67. The Morgan fingerprint density at radius 2 is 1.60 bits per heavy atom. The van der Waals surface area contributed by atoms with E-state index in [1.807, 2.05) is 66.7 Å². The summed E-state index contributed by atoms with van der Waals surface area (Å²) >= 11 is 10.5. The molecule has 3 rings (SSSR count). The van der Waals surface area contributed by atoms with Gasteiger partial charge in [0.25, 0.3) is 0 Å². The first-order chi connectivity index (χ1) is 14.5. The Morgan fingerprint density at radius 3 is 2.27 bits per heavy atom. The molecule has 1 amide bonds. The monoisotopic (exact) mass is 592 g/mol. The first kappa shape index (κ1) is 22.7. The molecule has 3 aromatic rings. The highest BCUT2D eigenvalue weighted by molar-refractivity contribution is 9.11. The van der Waals surface area contributed by atoms with Crippen molar-refractivity contribution in [2.24, 2.45) is 5.10 Å². The quantitative estimate of drug-likeness (QED) is 0.235. The van der Waals surface area contributed by atoms with Gasteiger partial charge in [-0.2, -0.15) is 5.10 Å². The van der Waals surface area contributed by atoms with Crippen molar-refractivity contribution in [2.75, 3.05) is 0 Å². The molecule has 0 atom stereocenters. The number of ether oxygens (including phenoxy) is 1. The van der Waals surface area contributed by atoms with E-state index in [0.717, 1.165) is 30.1 Å². The topological polar surface area (TPSA) is 50.7 Å². The molecule has 0 aliphatic carbocycles. The van der Waals surface area contributed by atoms with Crippen molar-refractivity contribution >= 4 is 59.9 Å². The maximum atomic E-state index is 12.0. The molecule has 0 saturated heterocycles. The second kappa shape index (κ2) is 11.4. The van der Waals surface area contributed by atoms with Crippen molar-refractivity contribution in [2.45, 2.75) is 19.4 Å². The average molecular weight is 595 g/mol. The third-order valence-corrected chi connectivity index (χ3v) is 5.91. The number of nitrogens with zero attached hydrogens (tertiary/aromatic N) is 1. The predicted octanol–water partition coefficient (Wildman–Crippen LogP) is 6.64. The van der Waals surface area contributed by atoms with Crippen LogP contribution in [-0.4, -0.2) is 12.1 Å². The van der Waals surface area contributed by atoms with Gasteiger partial charge in [0.1, 0.15) is 12.4 Å². The van der Waals surface area contributed by atoms with Crippen molar-refractivity contribution in [3.63, 3.8) is 0 Å². The summed E-state index contributed by atoms with van der Waals surface area (Å²) in [6.07, 6.45) is 2.68. The SMILES string of the molecule is O=C(CCc1ccccc1)N/N=C\c1cc(Br)c(OCc2ccc(Br)cc2)c(Br)c1. The van der Waals surface area contributed by atoms with Crippen LogP contribution in [-0.2, 0) is 17.8 Å². The smallest absolute Gasteiger partial charge is 0.240 e. The van der Waals surface area contributed by atoms with E-state index in [-0.39, 0.29) is 5.91 Å². The number of hydrazone groups is 1. The maximum Gasteiger partial charge on any atom is 0.240 e. The molecule has 0 unspecified atom stereocenters. The highest BCUT2D eigenvalue weighted by atomic mass is 79.9. The number of amides is 1. The van der Waals surface area contributed by atoms with Crippen LogP contribution in [0, 0.1) is 0 Å². The molecule has 1 N–H and O–H groups in total. The first-order valence-electron chi connectivity index (χ1n) is 9.23. The standard InChI is InChI=1S/C23H19Br3N2O2/c24-19-9-6-17(7-10-19)15-30-23-20(25)12-18(13-21(23)26)14-27-28-22(29)11-8-16-4-2-1-3-5-16/h1-7,9-10,12-14H,8,11,15H2,(H,28,29)/b27-14-. The highest BCUT2D eigenvalue weighted by Gasteiger charge is 2.09. The second-order valence-corrected chi connectivity index (χ2v) is 9.13. The lowest BCUT2D eigenvalue weighted by atomic mass is 10.1. The molecule has 0 spiro atoms. The van der Waals surface area contributed by atoms with Crippen molar-refractivity contribution in [1.29, 1.82) is 0 Å². The van der Waals surface area contributed by atoms with Crippen LogP contribution >= 0.6 is 47.8 Å². The molecule has 0 aliphatic heterocycles. The zero-order valence-electron chi connectivity index (χ0n) is 15.9. The van der Waals surface area contributed by atoms with Crippen LogP contribution in [0.1, 0.15) is 23.1 Å². The van der Waals surface area contributed by atoms with E-state index in [9.17, 15) is 4.79 Å². The molecule has 30 heavy (non-hydrogen) atoms. The third kappa shape index (κ3) is 7.07. The van der Waals surface area contributed by atoms with Crippen LogP contribution in [0.15, 0.2) is 85.2 Å². The molecule has 154 valence electrons. The number of carbonyl (C=O) groups excluding carboxylic acids is 1. The van der Waals surface area contributed by atoms with E-state index in [1.165, 1.54) is 0 Å². The van der Waals surface area contributed by atoms with Crippen LogP contribution in [0.3, 0.4) is 0 Å². The molecular formula is C23H19Br3N2O2. The van der Waals surface area contributed by atoms with E-state index in [2.05, 4.69) is 58.3 Å². The highest BCUT2D eigenvalue weighted by Crippen LogP contribution is 2.35. The van der Waals surface area contributed by atoms with Gasteiger partial charge < -0.3 is 4.74 Å². The van der Waals surface area contributed by atoms with E-state index < -0.39 is 0 Å². The van der Waals surface area contributed by atoms with Gasteiger partial charge in [-0.25, -0.2) is 5.43 Å². The number of hydrogen-bond donors (Lipinski definition) is 1. The zero-order chi connectivity index (χ0) is 21.3. The molecule has 0 bridgehead atoms. The molecule has 0 aromatic heterocycles. The zero-order valence-corrected chi connectivity index (χ0v) is 20.7. The van der Waals surface area contributed by atoms with Gasteiger partial charge in [0.05, 0.1) is 15.2 Å². The minimum absolute atomic E-state index is 0.123. The summed E-state index contributed by atoms with van der Waals surface area (Å²) < 4.78 is 8.57. The lowest BCUT2D eigenvalue weighted by Gasteiger charge is -2.11. The average Bonchev–Trinajstić information content (AvgIpc) is 2.74. The number of benzene rings is 3. The molecule has 4 nitrogen and oxygen atoms in total. The van der Waals surface area contributed by atoms with Crippen LogP contribution in [0.5, 0.6) is 5.75 Å². The van der Waals surface area contributed by atoms with Gasteiger partial charge in [-0.15, -0.1) is 0 Å². The molecular weight excluding hydrogens is 576 g/mol. The summed E-state index contributed by atoms with van der Waals surface area (Å²) in [4.78, 5) is 12.0. The van der Waals surface area contributed by atoms with Crippen LogP contribution < -0.4 is 10.2 Å². The van der Waals surface area contributed by atoms with Gasteiger partial charge in [0.15, 0.2) is 0 Å². The number of carbonyl (C=O) groups is 1. The molecule has 0 aliphatic rings. The molecule has 7 heteroatoms. The Kier molecular flexibility index (Phi) is 8.66. The van der Waals surface area contributed by atoms with Crippen molar-refractivity contribution in [1.82, 2.24) is 5.43 Å². The lowest BCUT2D eigenvalue weighted by Crippen LogP contribution is -2.17. The normalized spacial score (nSPS) is 10.9. The Hall–Kier alpha value is -1.96. The number of halogens is 3. The van der Waals surface area contributed by atoms with Crippen molar-refractivity contribution in [3.05, 3.63) is 96.8 Å². The number of rotatable bonds is 8. The molecule has 0 heterocycles. The summed E-state index contributed by atoms with van der Waals surface area (Å²) in [7, 11) is 0. The molecule has 0 radical (unpaired) electrons. The lowest BCUT2D eigenvalue weighted by molar-refractivity contribution is -0.121. The number of aryl methyl sites for hydroxylation is 1. The number of hydrogen-bond acceptors (Lipinski definition) is 3. The van der Waals surface area contributed by atoms with Crippen LogP contribution in [0.2, 0.25) is 0 Å². The second-order valence-electron chi connectivity index (χ2n) is 6.51. The van der Waals surface area contributed by atoms with Crippen LogP contribution in [0.4, 0.5) is 0 Å². The van der Waals surface area contributed by atoms with Gasteiger partial charge in [0.2, 0.25) is 5.91 Å². The van der Waals surface area contributed by atoms with E-state index in [0.29, 0.717) is 25.2 Å². The van der Waals surface area contributed by atoms with Gasteiger partial charge in [-0.3, -0.25) is 4.79 Å². The molecule has 0 saturated carbocycles. The van der Waals surface area contributed by atoms with Gasteiger partial charge >= 0.3 is 0 Å². The largest absolute Gasteiger partial charge is 0.487 e. The fourth-order valence-corrected chi connectivity index (χ4v) is 4.38. The maximum absolute atomic E-state index is 12.0. The summed E-state index contributed by atoms with van der Waals surface area (Å²) in [6.45, 7) is 0.454. The van der Waals surface area contributed by atoms with Crippen LogP contribution in [0.25, 0.3) is 0 Å². The fraction of sp³-hybridized carbons (Fsp3) is 0.130. The molecule has 0 fully saturated rings. The van der Waals surface area contributed by atoms with Gasteiger partial charge in [0, 0.05) is 10.9 Å². The van der Waals surface area contributed by atoms with Crippen molar-refractivity contribution in [3.8, 4) is 5.75 Å². The van der Waals surface area contributed by atoms with Gasteiger partial charge in [-0.1, -0.05) is 58.4 Å². The van der Waals surface area contributed by atoms with E-state index in [1.54, 1.807) is 6.21 Å².